The van der Waals surface area contributed by atoms with Crippen molar-refractivity contribution in [2.24, 2.45) is 7.05 Å². The number of hydrogen-bond donors (Lipinski definition) is 1. The van der Waals surface area contributed by atoms with Crippen molar-refractivity contribution in [3.8, 4) is 11.3 Å². The fourth-order valence-corrected chi connectivity index (χ4v) is 5.66. The molecule has 0 fully saturated rings. The average molecular weight is 489 g/mol. The zero-order valence-corrected chi connectivity index (χ0v) is 20.5. The third kappa shape index (κ3) is 4.37. The summed E-state index contributed by atoms with van der Waals surface area (Å²) in [5, 5.41) is 8.79. The Morgan fingerprint density at radius 1 is 1.00 bits per heavy atom. The number of aryl methyl sites for hydroxylation is 3. The number of aromatic nitrogens is 2. The van der Waals surface area contributed by atoms with Gasteiger partial charge in [0.2, 0.25) is 0 Å². The van der Waals surface area contributed by atoms with Gasteiger partial charge >= 0.3 is 0 Å². The summed E-state index contributed by atoms with van der Waals surface area (Å²) in [4.78, 5) is 28.4. The Morgan fingerprint density at radius 3 is 2.34 bits per heavy atom. The third-order valence-corrected chi connectivity index (χ3v) is 7.27. The van der Waals surface area contributed by atoms with Crippen molar-refractivity contribution in [3.05, 3.63) is 93.7 Å². The molecule has 0 aliphatic carbocycles. The SMILES string of the molecule is Cc1cnn(C)c1-c1cc(N[C@@H](Cc2cccc(F)c2)CN2C(=O)c3ccccc3C2=O)sc1C. The molecule has 8 heteroatoms. The Kier molecular flexibility index (Phi) is 5.98. The maximum Gasteiger partial charge on any atom is 0.261 e. The fourth-order valence-electron chi connectivity index (χ4n) is 4.66. The number of nitrogens with one attached hydrogen (secondary N) is 1. The molecule has 3 heterocycles. The molecule has 1 aliphatic rings. The summed E-state index contributed by atoms with van der Waals surface area (Å²) in [5.74, 6) is -0.918. The van der Waals surface area contributed by atoms with Crippen LogP contribution < -0.4 is 5.32 Å². The van der Waals surface area contributed by atoms with Crippen molar-refractivity contribution in [1.29, 1.82) is 0 Å². The molecule has 4 aromatic rings. The van der Waals surface area contributed by atoms with E-state index in [0.29, 0.717) is 17.5 Å². The number of benzene rings is 2. The first-order valence-corrected chi connectivity index (χ1v) is 12.2. The van der Waals surface area contributed by atoms with Crippen molar-refractivity contribution < 1.29 is 14.0 Å². The minimum absolute atomic E-state index is 0.167. The van der Waals surface area contributed by atoms with E-state index in [1.807, 2.05) is 30.9 Å². The predicted octanol–water partition coefficient (Wildman–Crippen LogP) is 5.22. The van der Waals surface area contributed by atoms with E-state index in [0.717, 1.165) is 32.3 Å². The maximum atomic E-state index is 13.9. The standard InChI is InChI=1S/C27H25FN4O2S/c1-16-14-29-31(3)25(16)23-13-24(35-17(23)2)30-20(12-18-7-6-8-19(28)11-18)15-32-26(33)21-9-4-5-10-22(21)27(32)34/h4-11,13-14,20,30H,12,15H2,1-3H3/t20-/m0/s1. The van der Waals surface area contributed by atoms with Crippen LogP contribution in [0.1, 0.15) is 36.7 Å². The lowest BCUT2D eigenvalue weighted by Crippen LogP contribution is -2.41. The average Bonchev–Trinajstić information content (AvgIpc) is 3.43. The molecule has 35 heavy (non-hydrogen) atoms. The van der Waals surface area contributed by atoms with Crippen LogP contribution in [-0.2, 0) is 13.5 Å². The smallest absolute Gasteiger partial charge is 0.261 e. The zero-order chi connectivity index (χ0) is 24.7. The van der Waals surface area contributed by atoms with Gasteiger partial charge in [-0.1, -0.05) is 24.3 Å². The normalized spacial score (nSPS) is 13.9. The van der Waals surface area contributed by atoms with Crippen molar-refractivity contribution >= 4 is 28.2 Å². The summed E-state index contributed by atoms with van der Waals surface area (Å²) in [5.41, 5.74) is 4.84. The van der Waals surface area contributed by atoms with Gasteiger partial charge in [0.15, 0.2) is 0 Å². The molecule has 1 atom stereocenters. The molecule has 0 saturated heterocycles. The van der Waals surface area contributed by atoms with Crippen LogP contribution in [0, 0.1) is 19.7 Å². The molecule has 1 aliphatic heterocycles. The molecule has 0 saturated carbocycles. The lowest BCUT2D eigenvalue weighted by Gasteiger charge is -2.24. The molecule has 5 rings (SSSR count). The Morgan fingerprint density at radius 2 is 1.71 bits per heavy atom. The summed E-state index contributed by atoms with van der Waals surface area (Å²) in [6, 6.07) is 15.0. The molecule has 0 spiro atoms. The molecule has 0 radical (unpaired) electrons. The minimum Gasteiger partial charge on any atom is -0.372 e. The molecule has 178 valence electrons. The van der Waals surface area contributed by atoms with Gasteiger partial charge in [0, 0.05) is 30.1 Å². The van der Waals surface area contributed by atoms with Crippen molar-refractivity contribution in [2.45, 2.75) is 26.3 Å². The first-order valence-electron chi connectivity index (χ1n) is 11.4. The van der Waals surface area contributed by atoms with Crippen LogP contribution in [0.3, 0.4) is 0 Å². The van der Waals surface area contributed by atoms with Crippen LogP contribution in [0.2, 0.25) is 0 Å². The molecule has 2 aromatic carbocycles. The van der Waals surface area contributed by atoms with E-state index in [4.69, 9.17) is 0 Å². The molecule has 6 nitrogen and oxygen atoms in total. The second-order valence-corrected chi connectivity index (χ2v) is 10.1. The number of carbonyl (C=O) groups is 2. The van der Waals surface area contributed by atoms with Gasteiger partial charge in [-0.2, -0.15) is 5.10 Å². The van der Waals surface area contributed by atoms with Crippen molar-refractivity contribution in [3.63, 3.8) is 0 Å². The molecule has 1 N–H and O–H groups in total. The molecular formula is C27H25FN4O2S. The van der Waals surface area contributed by atoms with Gasteiger partial charge in [0.05, 0.1) is 28.0 Å². The van der Waals surface area contributed by atoms with Crippen LogP contribution in [0.15, 0.2) is 60.8 Å². The highest BCUT2D eigenvalue weighted by Gasteiger charge is 2.36. The number of thiophene rings is 1. The topological polar surface area (TPSA) is 67.2 Å². The van der Waals surface area contributed by atoms with Crippen LogP contribution in [0.4, 0.5) is 9.39 Å². The maximum absolute atomic E-state index is 13.9. The van der Waals surface area contributed by atoms with E-state index in [1.54, 1.807) is 41.7 Å². The molecule has 2 aromatic heterocycles. The number of carbonyl (C=O) groups excluding carboxylic acids is 2. The largest absolute Gasteiger partial charge is 0.372 e. The highest BCUT2D eigenvalue weighted by atomic mass is 32.1. The van der Waals surface area contributed by atoms with Gasteiger partial charge in [0.25, 0.3) is 11.8 Å². The number of imide groups is 1. The highest BCUT2D eigenvalue weighted by molar-refractivity contribution is 7.16. The summed E-state index contributed by atoms with van der Waals surface area (Å²) in [7, 11) is 1.92. The summed E-state index contributed by atoms with van der Waals surface area (Å²) < 4.78 is 15.8. The van der Waals surface area contributed by atoms with Gasteiger partial charge in [-0.3, -0.25) is 19.2 Å². The summed E-state index contributed by atoms with van der Waals surface area (Å²) in [6.45, 7) is 4.25. The fraction of sp³-hybridized carbons (Fsp3) is 0.222. The Bertz CT molecular complexity index is 1390. The first kappa shape index (κ1) is 23.0. The number of halogens is 1. The number of rotatable bonds is 7. The monoisotopic (exact) mass is 488 g/mol. The zero-order valence-electron chi connectivity index (χ0n) is 19.7. The molecular weight excluding hydrogens is 463 g/mol. The van der Waals surface area contributed by atoms with E-state index < -0.39 is 0 Å². The van der Waals surface area contributed by atoms with Gasteiger partial charge in [-0.25, -0.2) is 4.39 Å². The summed E-state index contributed by atoms with van der Waals surface area (Å²) in [6.07, 6.45) is 2.29. The first-order chi connectivity index (χ1) is 16.8. The molecule has 0 unspecified atom stereocenters. The second-order valence-electron chi connectivity index (χ2n) is 8.82. The van der Waals surface area contributed by atoms with Crippen LogP contribution >= 0.6 is 11.3 Å². The Balaban J connectivity index is 1.44. The number of anilines is 1. The number of hydrogen-bond acceptors (Lipinski definition) is 5. The van der Waals surface area contributed by atoms with Gasteiger partial charge < -0.3 is 5.32 Å². The van der Waals surface area contributed by atoms with E-state index >= 15 is 0 Å². The number of fused-ring (bicyclic) bond motifs is 1. The van der Waals surface area contributed by atoms with E-state index in [1.165, 1.54) is 17.0 Å². The molecule has 2 amide bonds. The lowest BCUT2D eigenvalue weighted by atomic mass is 10.0. The van der Waals surface area contributed by atoms with Gasteiger partial charge in [-0.15, -0.1) is 11.3 Å². The quantitative estimate of drug-likeness (QED) is 0.362. The number of nitrogens with zero attached hydrogens (tertiary/aromatic N) is 3. The minimum atomic E-state index is -0.317. The van der Waals surface area contributed by atoms with Crippen molar-refractivity contribution in [2.75, 3.05) is 11.9 Å². The molecule has 0 bridgehead atoms. The van der Waals surface area contributed by atoms with Crippen LogP contribution in [-0.4, -0.2) is 39.1 Å². The highest BCUT2D eigenvalue weighted by Crippen LogP contribution is 2.36. The van der Waals surface area contributed by atoms with Gasteiger partial charge in [-0.05, 0) is 61.7 Å². The Labute approximate surface area is 207 Å². The van der Waals surface area contributed by atoms with Crippen LogP contribution in [0.5, 0.6) is 0 Å². The Hall–Kier alpha value is -3.78. The number of amides is 2. The van der Waals surface area contributed by atoms with E-state index in [9.17, 15) is 14.0 Å². The predicted molar refractivity (Wildman–Crippen MR) is 135 cm³/mol. The van der Waals surface area contributed by atoms with Crippen LogP contribution in [0.25, 0.3) is 11.3 Å². The third-order valence-electron chi connectivity index (χ3n) is 6.29. The summed E-state index contributed by atoms with van der Waals surface area (Å²) >= 11 is 1.60. The van der Waals surface area contributed by atoms with Gasteiger partial charge in [0.1, 0.15) is 5.82 Å². The lowest BCUT2D eigenvalue weighted by molar-refractivity contribution is 0.0647. The van der Waals surface area contributed by atoms with E-state index in [2.05, 4.69) is 23.4 Å². The second kappa shape index (κ2) is 9.11. The van der Waals surface area contributed by atoms with Crippen molar-refractivity contribution in [1.82, 2.24) is 14.7 Å². The van der Waals surface area contributed by atoms with E-state index in [-0.39, 0.29) is 30.2 Å².